The van der Waals surface area contributed by atoms with Crippen molar-refractivity contribution in [2.24, 2.45) is 5.41 Å². The van der Waals surface area contributed by atoms with E-state index in [4.69, 9.17) is 0 Å². The Hall–Kier alpha value is -0.620. The number of piperidine rings is 1. The van der Waals surface area contributed by atoms with E-state index < -0.39 is 0 Å². The van der Waals surface area contributed by atoms with Crippen LogP contribution in [0, 0.1) is 15.9 Å². The molecule has 1 saturated heterocycles. The number of nitrogens with one attached hydrogen (secondary N) is 2. The first-order valence-corrected chi connectivity index (χ1v) is 7.37. The number of amides is 1. The van der Waals surface area contributed by atoms with Crippen LogP contribution in [0.15, 0.2) is 18.2 Å². The van der Waals surface area contributed by atoms with E-state index in [0.717, 1.165) is 31.6 Å². The average Bonchev–Trinajstić information content (AvgIpc) is 2.35. The molecule has 0 saturated carbocycles. The zero-order valence-corrected chi connectivity index (χ0v) is 13.0. The zero-order valence-electron chi connectivity index (χ0n) is 10.8. The third kappa shape index (κ3) is 3.03. The number of rotatable bonds is 2. The van der Waals surface area contributed by atoms with Crippen LogP contribution >= 0.6 is 22.6 Å². The van der Waals surface area contributed by atoms with Crippen molar-refractivity contribution in [3.05, 3.63) is 27.3 Å². The van der Waals surface area contributed by atoms with E-state index in [1.54, 1.807) is 0 Å². The SMILES string of the molecule is Cc1ccc(NC(=O)C2(C)CCNCC2)cc1I. The van der Waals surface area contributed by atoms with E-state index in [2.05, 4.69) is 47.1 Å². The highest BCUT2D eigenvalue weighted by Crippen LogP contribution is 2.30. The highest BCUT2D eigenvalue weighted by Gasteiger charge is 2.34. The molecule has 0 aliphatic carbocycles. The van der Waals surface area contributed by atoms with Crippen molar-refractivity contribution < 1.29 is 4.79 Å². The normalized spacial score (nSPS) is 18.4. The van der Waals surface area contributed by atoms with Crippen molar-refractivity contribution >= 4 is 34.2 Å². The summed E-state index contributed by atoms with van der Waals surface area (Å²) in [5, 5.41) is 6.34. The van der Waals surface area contributed by atoms with E-state index in [-0.39, 0.29) is 11.3 Å². The second-order valence-corrected chi connectivity index (χ2v) is 6.39. The average molecular weight is 358 g/mol. The summed E-state index contributed by atoms with van der Waals surface area (Å²) in [5.74, 6) is 0.142. The number of anilines is 1. The fourth-order valence-corrected chi connectivity index (χ4v) is 2.67. The molecule has 0 radical (unpaired) electrons. The Balaban J connectivity index is 2.08. The van der Waals surface area contributed by atoms with E-state index in [1.165, 1.54) is 9.13 Å². The van der Waals surface area contributed by atoms with Crippen LogP contribution in [0.2, 0.25) is 0 Å². The maximum Gasteiger partial charge on any atom is 0.230 e. The molecule has 2 N–H and O–H groups in total. The van der Waals surface area contributed by atoms with Gasteiger partial charge in [0.2, 0.25) is 5.91 Å². The minimum Gasteiger partial charge on any atom is -0.326 e. The lowest BCUT2D eigenvalue weighted by atomic mass is 9.80. The van der Waals surface area contributed by atoms with Crippen LogP contribution in [0.5, 0.6) is 0 Å². The number of carbonyl (C=O) groups is 1. The lowest BCUT2D eigenvalue weighted by Gasteiger charge is -2.32. The summed E-state index contributed by atoms with van der Waals surface area (Å²) in [7, 11) is 0. The molecule has 0 spiro atoms. The summed E-state index contributed by atoms with van der Waals surface area (Å²) in [4.78, 5) is 12.3. The van der Waals surface area contributed by atoms with E-state index in [9.17, 15) is 4.79 Å². The van der Waals surface area contributed by atoms with E-state index in [0.29, 0.717) is 0 Å². The maximum atomic E-state index is 12.3. The van der Waals surface area contributed by atoms with Crippen molar-refractivity contribution in [1.29, 1.82) is 0 Å². The second-order valence-electron chi connectivity index (χ2n) is 5.23. The molecule has 0 aromatic heterocycles. The fourth-order valence-electron chi connectivity index (χ4n) is 2.16. The molecule has 2 rings (SSSR count). The molecule has 98 valence electrons. The van der Waals surface area contributed by atoms with E-state index in [1.807, 2.05) is 18.2 Å². The third-order valence-electron chi connectivity index (χ3n) is 3.68. The van der Waals surface area contributed by atoms with Crippen LogP contribution < -0.4 is 10.6 Å². The smallest absolute Gasteiger partial charge is 0.230 e. The standard InChI is InChI=1S/C14H19IN2O/c1-10-3-4-11(9-12(10)15)17-13(18)14(2)5-7-16-8-6-14/h3-4,9,16H,5-8H2,1-2H3,(H,17,18). The van der Waals surface area contributed by atoms with Crippen molar-refractivity contribution in [2.75, 3.05) is 18.4 Å². The van der Waals surface area contributed by atoms with Gasteiger partial charge in [0, 0.05) is 14.7 Å². The lowest BCUT2D eigenvalue weighted by Crippen LogP contribution is -2.42. The molecule has 18 heavy (non-hydrogen) atoms. The molecule has 1 heterocycles. The number of benzene rings is 1. The minimum atomic E-state index is -0.235. The van der Waals surface area contributed by atoms with Gasteiger partial charge in [-0.3, -0.25) is 4.79 Å². The molecule has 1 aliphatic rings. The summed E-state index contributed by atoms with van der Waals surface area (Å²) in [6, 6.07) is 6.04. The van der Waals surface area contributed by atoms with Gasteiger partial charge < -0.3 is 10.6 Å². The highest BCUT2D eigenvalue weighted by atomic mass is 127. The lowest BCUT2D eigenvalue weighted by molar-refractivity contribution is -0.126. The fraction of sp³-hybridized carbons (Fsp3) is 0.500. The van der Waals surface area contributed by atoms with Gasteiger partial charge in [0.25, 0.3) is 0 Å². The van der Waals surface area contributed by atoms with Crippen LogP contribution in [0.4, 0.5) is 5.69 Å². The largest absolute Gasteiger partial charge is 0.326 e. The van der Waals surface area contributed by atoms with Gasteiger partial charge in [-0.25, -0.2) is 0 Å². The summed E-state index contributed by atoms with van der Waals surface area (Å²) >= 11 is 2.29. The van der Waals surface area contributed by atoms with Crippen LogP contribution in [0.1, 0.15) is 25.3 Å². The Morgan fingerprint density at radius 3 is 2.67 bits per heavy atom. The minimum absolute atomic E-state index is 0.142. The highest BCUT2D eigenvalue weighted by molar-refractivity contribution is 14.1. The molecule has 1 amide bonds. The molecule has 1 aromatic rings. The molecular formula is C14H19IN2O. The van der Waals surface area contributed by atoms with Gasteiger partial charge in [0.1, 0.15) is 0 Å². The number of carbonyl (C=O) groups excluding carboxylic acids is 1. The zero-order chi connectivity index (χ0) is 13.2. The van der Waals surface area contributed by atoms with E-state index >= 15 is 0 Å². The Kier molecular flexibility index (Phi) is 4.27. The first-order chi connectivity index (χ1) is 8.51. The summed E-state index contributed by atoms with van der Waals surface area (Å²) in [6.45, 7) is 5.98. The monoisotopic (exact) mass is 358 g/mol. The van der Waals surface area contributed by atoms with Gasteiger partial charge in [-0.2, -0.15) is 0 Å². The molecule has 1 fully saturated rings. The summed E-state index contributed by atoms with van der Waals surface area (Å²) in [5.41, 5.74) is 1.90. The Bertz CT molecular complexity index is 453. The molecule has 1 aliphatic heterocycles. The van der Waals surface area contributed by atoms with Gasteiger partial charge in [-0.05, 0) is 73.1 Å². The number of hydrogen-bond donors (Lipinski definition) is 2. The first kappa shape index (κ1) is 13.8. The molecule has 0 atom stereocenters. The predicted octanol–water partition coefficient (Wildman–Crippen LogP) is 2.93. The van der Waals surface area contributed by atoms with Crippen LogP contribution in [0.25, 0.3) is 0 Å². The van der Waals surface area contributed by atoms with Crippen molar-refractivity contribution in [3.63, 3.8) is 0 Å². The molecule has 0 bridgehead atoms. The second kappa shape index (κ2) is 5.57. The molecule has 3 nitrogen and oxygen atoms in total. The topological polar surface area (TPSA) is 41.1 Å². The van der Waals surface area contributed by atoms with Gasteiger partial charge in [-0.1, -0.05) is 13.0 Å². The first-order valence-electron chi connectivity index (χ1n) is 6.30. The van der Waals surface area contributed by atoms with Gasteiger partial charge >= 0.3 is 0 Å². The third-order valence-corrected chi connectivity index (χ3v) is 4.85. The Labute approximate surface area is 122 Å². The van der Waals surface area contributed by atoms with Gasteiger partial charge in [0.05, 0.1) is 0 Å². The molecular weight excluding hydrogens is 339 g/mol. The van der Waals surface area contributed by atoms with Crippen molar-refractivity contribution in [1.82, 2.24) is 5.32 Å². The van der Waals surface area contributed by atoms with Crippen molar-refractivity contribution in [3.8, 4) is 0 Å². The molecule has 0 unspecified atom stereocenters. The van der Waals surface area contributed by atoms with Crippen LogP contribution in [-0.4, -0.2) is 19.0 Å². The number of aryl methyl sites for hydroxylation is 1. The van der Waals surface area contributed by atoms with Crippen LogP contribution in [0.3, 0.4) is 0 Å². The molecule has 4 heteroatoms. The maximum absolute atomic E-state index is 12.3. The number of hydrogen-bond acceptors (Lipinski definition) is 2. The summed E-state index contributed by atoms with van der Waals surface area (Å²) < 4.78 is 1.18. The summed E-state index contributed by atoms with van der Waals surface area (Å²) in [6.07, 6.45) is 1.81. The Morgan fingerprint density at radius 1 is 1.39 bits per heavy atom. The predicted molar refractivity (Wildman–Crippen MR) is 82.7 cm³/mol. The Morgan fingerprint density at radius 2 is 2.06 bits per heavy atom. The molecule has 1 aromatic carbocycles. The van der Waals surface area contributed by atoms with Gasteiger partial charge in [0.15, 0.2) is 0 Å². The van der Waals surface area contributed by atoms with Crippen LogP contribution in [-0.2, 0) is 4.79 Å². The quantitative estimate of drug-likeness (QED) is 0.799. The number of halogens is 1. The van der Waals surface area contributed by atoms with Crippen molar-refractivity contribution in [2.45, 2.75) is 26.7 Å². The van der Waals surface area contributed by atoms with Gasteiger partial charge in [-0.15, -0.1) is 0 Å².